The molecule has 1 aromatic heterocycles. The van der Waals surface area contributed by atoms with Crippen LogP contribution in [0.5, 0.6) is 0 Å². The molecule has 0 saturated carbocycles. The van der Waals surface area contributed by atoms with Crippen molar-refractivity contribution in [2.24, 2.45) is 11.3 Å². The van der Waals surface area contributed by atoms with Crippen molar-refractivity contribution in [2.45, 2.75) is 47.1 Å². The molecule has 92 valence electrons. The Labute approximate surface area is 104 Å². The molecule has 1 aromatic rings. The summed E-state index contributed by atoms with van der Waals surface area (Å²) < 4.78 is 2.00. The second-order valence-electron chi connectivity index (χ2n) is 5.80. The van der Waals surface area contributed by atoms with Crippen LogP contribution < -0.4 is 0 Å². The highest BCUT2D eigenvalue weighted by Gasteiger charge is 2.24. The van der Waals surface area contributed by atoms with Crippen LogP contribution in [0.25, 0.3) is 0 Å². The molecular formula is C13H23ClN2. The summed E-state index contributed by atoms with van der Waals surface area (Å²) in [6.07, 6.45) is 3.01. The van der Waals surface area contributed by atoms with Gasteiger partial charge < -0.3 is 0 Å². The molecule has 2 nitrogen and oxygen atoms in total. The van der Waals surface area contributed by atoms with Crippen LogP contribution in [-0.4, -0.2) is 15.7 Å². The minimum atomic E-state index is 0.239. The lowest BCUT2D eigenvalue weighted by atomic mass is 9.79. The van der Waals surface area contributed by atoms with Crippen molar-refractivity contribution in [3.8, 4) is 0 Å². The van der Waals surface area contributed by atoms with Crippen LogP contribution in [-0.2, 0) is 6.42 Å². The van der Waals surface area contributed by atoms with Gasteiger partial charge in [-0.05, 0) is 37.7 Å². The summed E-state index contributed by atoms with van der Waals surface area (Å²) in [5, 5.41) is 4.57. The van der Waals surface area contributed by atoms with E-state index in [0.29, 0.717) is 17.8 Å². The molecule has 3 heteroatoms. The van der Waals surface area contributed by atoms with Crippen molar-refractivity contribution in [3.63, 3.8) is 0 Å². The van der Waals surface area contributed by atoms with Crippen molar-refractivity contribution < 1.29 is 0 Å². The number of hydrogen-bond donors (Lipinski definition) is 0. The molecule has 1 rings (SSSR count). The van der Waals surface area contributed by atoms with Gasteiger partial charge in [-0.2, -0.15) is 5.10 Å². The van der Waals surface area contributed by atoms with Crippen molar-refractivity contribution in [1.29, 1.82) is 0 Å². The third-order valence-corrected chi connectivity index (χ3v) is 3.43. The molecule has 0 fully saturated rings. The monoisotopic (exact) mass is 242 g/mol. The number of aromatic nitrogens is 2. The van der Waals surface area contributed by atoms with E-state index in [0.717, 1.165) is 12.1 Å². The molecule has 0 bridgehead atoms. The highest BCUT2D eigenvalue weighted by Crippen LogP contribution is 2.29. The highest BCUT2D eigenvalue weighted by atomic mass is 35.5. The fourth-order valence-corrected chi connectivity index (χ4v) is 2.19. The van der Waals surface area contributed by atoms with Crippen LogP contribution in [0.4, 0.5) is 0 Å². The van der Waals surface area contributed by atoms with Gasteiger partial charge in [0, 0.05) is 18.1 Å². The maximum atomic E-state index is 6.04. The zero-order chi connectivity index (χ0) is 12.3. The molecular weight excluding hydrogens is 220 g/mol. The fourth-order valence-electron chi connectivity index (χ4n) is 1.62. The first-order chi connectivity index (χ1) is 7.34. The minimum Gasteiger partial charge on any atom is -0.270 e. The van der Waals surface area contributed by atoms with Gasteiger partial charge in [0.25, 0.3) is 0 Å². The molecule has 0 radical (unpaired) electrons. The number of hydrogen-bond acceptors (Lipinski definition) is 1. The standard InChI is InChI=1S/C13H23ClN2/c1-10(2)16-7-6-12(15-16)8-11(9-14)13(3,4)5/h6-7,10-11H,8-9H2,1-5H3. The number of halogens is 1. The fraction of sp³-hybridized carbons (Fsp3) is 0.769. The first kappa shape index (κ1) is 13.6. The molecule has 0 spiro atoms. The van der Waals surface area contributed by atoms with Crippen molar-refractivity contribution in [1.82, 2.24) is 9.78 Å². The molecule has 0 aliphatic heterocycles. The van der Waals surface area contributed by atoms with E-state index in [1.165, 1.54) is 0 Å². The molecule has 0 aliphatic rings. The summed E-state index contributed by atoms with van der Waals surface area (Å²) in [7, 11) is 0. The summed E-state index contributed by atoms with van der Waals surface area (Å²) in [4.78, 5) is 0. The van der Waals surface area contributed by atoms with Gasteiger partial charge in [-0.1, -0.05) is 20.8 Å². The zero-order valence-electron chi connectivity index (χ0n) is 11.0. The van der Waals surface area contributed by atoms with Gasteiger partial charge in [-0.3, -0.25) is 4.68 Å². The summed E-state index contributed by atoms with van der Waals surface area (Å²) in [5.41, 5.74) is 1.39. The lowest BCUT2D eigenvalue weighted by Gasteiger charge is -2.28. The van der Waals surface area contributed by atoms with Gasteiger partial charge in [0.1, 0.15) is 0 Å². The molecule has 0 aliphatic carbocycles. The van der Waals surface area contributed by atoms with E-state index in [9.17, 15) is 0 Å². The van der Waals surface area contributed by atoms with Gasteiger partial charge in [-0.25, -0.2) is 0 Å². The van der Waals surface area contributed by atoms with Crippen LogP contribution in [0.15, 0.2) is 12.3 Å². The summed E-state index contributed by atoms with van der Waals surface area (Å²) >= 11 is 6.04. The van der Waals surface area contributed by atoms with Crippen LogP contribution in [0.1, 0.15) is 46.4 Å². The Morgan fingerprint density at radius 1 is 1.38 bits per heavy atom. The van der Waals surface area contributed by atoms with Crippen molar-refractivity contribution >= 4 is 11.6 Å². The van der Waals surface area contributed by atoms with Gasteiger partial charge in [0.15, 0.2) is 0 Å². The van der Waals surface area contributed by atoms with E-state index in [4.69, 9.17) is 11.6 Å². The SMILES string of the molecule is CC(C)n1ccc(CC(CCl)C(C)(C)C)n1. The van der Waals surface area contributed by atoms with Crippen LogP contribution in [0.2, 0.25) is 0 Å². The van der Waals surface area contributed by atoms with E-state index in [2.05, 4.69) is 45.8 Å². The minimum absolute atomic E-state index is 0.239. The molecule has 1 atom stereocenters. The van der Waals surface area contributed by atoms with Gasteiger partial charge in [-0.15, -0.1) is 11.6 Å². The van der Waals surface area contributed by atoms with Crippen molar-refractivity contribution in [2.75, 3.05) is 5.88 Å². The predicted molar refractivity (Wildman–Crippen MR) is 70.0 cm³/mol. The van der Waals surface area contributed by atoms with Gasteiger partial charge in [0.05, 0.1) is 5.69 Å². The average molecular weight is 243 g/mol. The van der Waals surface area contributed by atoms with E-state index in [-0.39, 0.29) is 5.41 Å². The van der Waals surface area contributed by atoms with Crippen LogP contribution in [0, 0.1) is 11.3 Å². The number of rotatable bonds is 4. The first-order valence-electron chi connectivity index (χ1n) is 5.94. The Kier molecular flexibility index (Phi) is 4.43. The normalized spacial score (nSPS) is 14.4. The van der Waals surface area contributed by atoms with Gasteiger partial charge in [0.2, 0.25) is 0 Å². The molecule has 1 unspecified atom stereocenters. The van der Waals surface area contributed by atoms with E-state index >= 15 is 0 Å². The smallest absolute Gasteiger partial charge is 0.0628 e. The third-order valence-electron chi connectivity index (χ3n) is 3.06. The molecule has 0 aromatic carbocycles. The first-order valence-corrected chi connectivity index (χ1v) is 6.48. The van der Waals surface area contributed by atoms with Gasteiger partial charge >= 0.3 is 0 Å². The lowest BCUT2D eigenvalue weighted by molar-refractivity contribution is 0.261. The molecule has 0 N–H and O–H groups in total. The molecule has 16 heavy (non-hydrogen) atoms. The maximum Gasteiger partial charge on any atom is 0.0628 e. The summed E-state index contributed by atoms with van der Waals surface area (Å²) in [5.74, 6) is 1.17. The zero-order valence-corrected chi connectivity index (χ0v) is 11.8. The Balaban J connectivity index is 2.71. The Morgan fingerprint density at radius 3 is 2.38 bits per heavy atom. The number of nitrogens with zero attached hydrogens (tertiary/aromatic N) is 2. The van der Waals surface area contributed by atoms with Crippen LogP contribution >= 0.6 is 11.6 Å². The van der Waals surface area contributed by atoms with Crippen molar-refractivity contribution in [3.05, 3.63) is 18.0 Å². The lowest BCUT2D eigenvalue weighted by Crippen LogP contribution is -2.24. The molecule has 0 amide bonds. The maximum absolute atomic E-state index is 6.04. The van der Waals surface area contributed by atoms with E-state index < -0.39 is 0 Å². The Hall–Kier alpha value is -0.500. The quantitative estimate of drug-likeness (QED) is 0.732. The molecule has 1 heterocycles. The summed E-state index contributed by atoms with van der Waals surface area (Å²) in [6.45, 7) is 11.0. The Morgan fingerprint density at radius 2 is 2.00 bits per heavy atom. The predicted octanol–water partition coefficient (Wildman–Crippen LogP) is 3.91. The summed E-state index contributed by atoms with van der Waals surface area (Å²) in [6, 6.07) is 2.53. The Bertz CT molecular complexity index is 323. The molecule has 0 saturated heterocycles. The number of alkyl halides is 1. The van der Waals surface area contributed by atoms with E-state index in [1.807, 2.05) is 10.9 Å². The second kappa shape index (κ2) is 5.22. The third kappa shape index (κ3) is 3.51. The largest absolute Gasteiger partial charge is 0.270 e. The van der Waals surface area contributed by atoms with E-state index in [1.54, 1.807) is 0 Å². The topological polar surface area (TPSA) is 17.8 Å². The van der Waals surface area contributed by atoms with Crippen LogP contribution in [0.3, 0.4) is 0 Å². The highest BCUT2D eigenvalue weighted by molar-refractivity contribution is 6.18. The average Bonchev–Trinajstić information content (AvgIpc) is 2.60. The second-order valence-corrected chi connectivity index (χ2v) is 6.11.